The molecule has 0 saturated carbocycles. The third kappa shape index (κ3) is 2.00. The lowest BCUT2D eigenvalue weighted by Crippen LogP contribution is -2.20. The molecule has 0 amide bonds. The first-order valence-corrected chi connectivity index (χ1v) is 5.48. The van der Waals surface area contributed by atoms with Crippen LogP contribution in [0, 0.1) is 5.41 Å². The Balaban J connectivity index is 2.29. The Labute approximate surface area is 91.6 Å². The van der Waals surface area contributed by atoms with Gasteiger partial charge in [0.1, 0.15) is 5.75 Å². The highest BCUT2D eigenvalue weighted by Gasteiger charge is 2.35. The number of hydrogen-bond acceptors (Lipinski definition) is 2. The molecule has 2 nitrogen and oxygen atoms in total. The molecular weight excluding hydrogens is 186 g/mol. The first-order chi connectivity index (χ1) is 7.13. The van der Waals surface area contributed by atoms with Crippen molar-refractivity contribution in [3.63, 3.8) is 0 Å². The normalized spacial score (nSPS) is 24.1. The molecule has 2 heteroatoms. The van der Waals surface area contributed by atoms with Crippen molar-refractivity contribution >= 4 is 0 Å². The van der Waals surface area contributed by atoms with Crippen molar-refractivity contribution in [2.24, 2.45) is 5.41 Å². The minimum Gasteiger partial charge on any atom is -0.497 e. The summed E-state index contributed by atoms with van der Waals surface area (Å²) in [5.41, 5.74) is 1.72. The first-order valence-electron chi connectivity index (χ1n) is 5.48. The maximum Gasteiger partial charge on any atom is 0.119 e. The highest BCUT2D eigenvalue weighted by molar-refractivity contribution is 5.32. The molecule has 1 fully saturated rings. The van der Waals surface area contributed by atoms with Crippen LogP contribution in [-0.2, 0) is 0 Å². The summed E-state index contributed by atoms with van der Waals surface area (Å²) in [5.74, 6) is 1.54. The second kappa shape index (κ2) is 3.86. The van der Waals surface area contributed by atoms with Crippen molar-refractivity contribution < 1.29 is 4.74 Å². The first kappa shape index (κ1) is 10.5. The SMILES string of the molecule is COc1cccc([C@@H]2CNCC2(C)C)c1. The Morgan fingerprint density at radius 2 is 2.20 bits per heavy atom. The van der Waals surface area contributed by atoms with Crippen LogP contribution in [0.4, 0.5) is 0 Å². The predicted octanol–water partition coefficient (Wildman–Crippen LogP) is 2.41. The number of benzene rings is 1. The Morgan fingerprint density at radius 3 is 2.80 bits per heavy atom. The average molecular weight is 205 g/mol. The molecule has 0 spiro atoms. The molecule has 0 aromatic heterocycles. The van der Waals surface area contributed by atoms with Gasteiger partial charge in [-0.15, -0.1) is 0 Å². The molecule has 1 aromatic carbocycles. The smallest absolute Gasteiger partial charge is 0.119 e. The number of ether oxygens (including phenoxy) is 1. The molecule has 0 bridgehead atoms. The van der Waals surface area contributed by atoms with Crippen LogP contribution < -0.4 is 10.1 Å². The minimum atomic E-state index is 0.340. The van der Waals surface area contributed by atoms with E-state index in [0.717, 1.165) is 18.8 Å². The molecule has 0 unspecified atom stereocenters. The van der Waals surface area contributed by atoms with Crippen LogP contribution in [0.25, 0.3) is 0 Å². The van der Waals surface area contributed by atoms with Gasteiger partial charge in [0.2, 0.25) is 0 Å². The molecule has 1 saturated heterocycles. The molecule has 1 aliphatic rings. The largest absolute Gasteiger partial charge is 0.497 e. The van der Waals surface area contributed by atoms with Crippen molar-refractivity contribution in [1.82, 2.24) is 5.32 Å². The monoisotopic (exact) mass is 205 g/mol. The number of hydrogen-bond donors (Lipinski definition) is 1. The molecule has 1 heterocycles. The molecule has 0 radical (unpaired) electrons. The van der Waals surface area contributed by atoms with Gasteiger partial charge in [0.15, 0.2) is 0 Å². The van der Waals surface area contributed by atoms with Crippen LogP contribution >= 0.6 is 0 Å². The fraction of sp³-hybridized carbons (Fsp3) is 0.538. The van der Waals surface area contributed by atoms with Crippen LogP contribution in [0.1, 0.15) is 25.3 Å². The standard InChI is InChI=1S/C13H19NO/c1-13(2)9-14-8-12(13)10-5-4-6-11(7-10)15-3/h4-7,12,14H,8-9H2,1-3H3/t12-/m0/s1. The second-order valence-electron chi connectivity index (χ2n) is 4.95. The lowest BCUT2D eigenvalue weighted by molar-refractivity contribution is 0.361. The summed E-state index contributed by atoms with van der Waals surface area (Å²) in [7, 11) is 1.72. The zero-order chi connectivity index (χ0) is 10.9. The third-order valence-corrected chi connectivity index (χ3v) is 3.37. The number of methoxy groups -OCH3 is 1. The summed E-state index contributed by atoms with van der Waals surface area (Å²) in [6.07, 6.45) is 0. The third-order valence-electron chi connectivity index (χ3n) is 3.37. The summed E-state index contributed by atoms with van der Waals surface area (Å²) < 4.78 is 5.26. The van der Waals surface area contributed by atoms with Crippen molar-refractivity contribution in [3.05, 3.63) is 29.8 Å². The van der Waals surface area contributed by atoms with Crippen LogP contribution in [-0.4, -0.2) is 20.2 Å². The highest BCUT2D eigenvalue weighted by atomic mass is 16.5. The fourth-order valence-corrected chi connectivity index (χ4v) is 2.37. The average Bonchev–Trinajstić information content (AvgIpc) is 2.58. The van der Waals surface area contributed by atoms with E-state index in [1.165, 1.54) is 5.56 Å². The van der Waals surface area contributed by atoms with E-state index in [4.69, 9.17) is 4.74 Å². The van der Waals surface area contributed by atoms with E-state index in [1.807, 2.05) is 6.07 Å². The molecule has 2 rings (SSSR count). The Hall–Kier alpha value is -1.02. The quantitative estimate of drug-likeness (QED) is 0.800. The summed E-state index contributed by atoms with van der Waals surface area (Å²) in [5, 5.41) is 3.46. The van der Waals surface area contributed by atoms with Gasteiger partial charge in [-0.1, -0.05) is 26.0 Å². The van der Waals surface area contributed by atoms with Crippen LogP contribution in [0.2, 0.25) is 0 Å². The van der Waals surface area contributed by atoms with Crippen molar-refractivity contribution in [3.8, 4) is 5.75 Å². The molecule has 0 aliphatic carbocycles. The predicted molar refractivity (Wildman–Crippen MR) is 62.4 cm³/mol. The summed E-state index contributed by atoms with van der Waals surface area (Å²) in [6, 6.07) is 8.42. The van der Waals surface area contributed by atoms with Gasteiger partial charge in [-0.25, -0.2) is 0 Å². The Bertz CT molecular complexity index is 346. The van der Waals surface area contributed by atoms with Gasteiger partial charge in [-0.2, -0.15) is 0 Å². The number of nitrogens with one attached hydrogen (secondary N) is 1. The van der Waals surface area contributed by atoms with E-state index < -0.39 is 0 Å². The highest BCUT2D eigenvalue weighted by Crippen LogP contribution is 2.39. The number of rotatable bonds is 2. The van der Waals surface area contributed by atoms with E-state index in [2.05, 4.69) is 37.4 Å². The van der Waals surface area contributed by atoms with Crippen molar-refractivity contribution in [2.75, 3.05) is 20.2 Å². The zero-order valence-electron chi connectivity index (χ0n) is 9.71. The van der Waals surface area contributed by atoms with Crippen LogP contribution in [0.15, 0.2) is 24.3 Å². The second-order valence-corrected chi connectivity index (χ2v) is 4.95. The summed E-state index contributed by atoms with van der Waals surface area (Å²) >= 11 is 0. The Kier molecular flexibility index (Phi) is 2.70. The summed E-state index contributed by atoms with van der Waals surface area (Å²) in [4.78, 5) is 0. The maximum absolute atomic E-state index is 5.26. The molecule has 1 atom stereocenters. The van der Waals surface area contributed by atoms with Gasteiger partial charge in [-0.3, -0.25) is 0 Å². The van der Waals surface area contributed by atoms with Gasteiger partial charge >= 0.3 is 0 Å². The van der Waals surface area contributed by atoms with E-state index in [-0.39, 0.29) is 0 Å². The van der Waals surface area contributed by atoms with Gasteiger partial charge < -0.3 is 10.1 Å². The van der Waals surface area contributed by atoms with Crippen molar-refractivity contribution in [1.29, 1.82) is 0 Å². The molecule has 1 N–H and O–H groups in total. The van der Waals surface area contributed by atoms with Gasteiger partial charge in [0, 0.05) is 19.0 Å². The molecule has 1 aliphatic heterocycles. The molecular formula is C13H19NO. The van der Waals surface area contributed by atoms with E-state index in [9.17, 15) is 0 Å². The van der Waals surface area contributed by atoms with E-state index >= 15 is 0 Å². The van der Waals surface area contributed by atoms with Crippen molar-refractivity contribution in [2.45, 2.75) is 19.8 Å². The van der Waals surface area contributed by atoms with E-state index in [0.29, 0.717) is 11.3 Å². The van der Waals surface area contributed by atoms with E-state index in [1.54, 1.807) is 7.11 Å². The minimum absolute atomic E-state index is 0.340. The lowest BCUT2D eigenvalue weighted by atomic mass is 9.78. The Morgan fingerprint density at radius 1 is 1.40 bits per heavy atom. The molecule has 1 aromatic rings. The van der Waals surface area contributed by atoms with Gasteiger partial charge in [0.25, 0.3) is 0 Å². The van der Waals surface area contributed by atoms with Gasteiger partial charge in [0.05, 0.1) is 7.11 Å². The topological polar surface area (TPSA) is 21.3 Å². The maximum atomic E-state index is 5.26. The molecule has 82 valence electrons. The summed E-state index contributed by atoms with van der Waals surface area (Å²) in [6.45, 7) is 6.79. The zero-order valence-corrected chi connectivity index (χ0v) is 9.71. The van der Waals surface area contributed by atoms with Gasteiger partial charge in [-0.05, 0) is 23.1 Å². The molecule has 15 heavy (non-hydrogen) atoms. The lowest BCUT2D eigenvalue weighted by Gasteiger charge is -2.26. The fourth-order valence-electron chi connectivity index (χ4n) is 2.37. The van der Waals surface area contributed by atoms with Crippen LogP contribution in [0.5, 0.6) is 5.75 Å². The van der Waals surface area contributed by atoms with Crippen LogP contribution in [0.3, 0.4) is 0 Å².